The molecule has 0 aliphatic rings. The minimum absolute atomic E-state index is 0.655. The smallest absolute Gasteiger partial charge is 0.263 e. The number of nitrogens with one attached hydrogen (secondary N) is 2. The van der Waals surface area contributed by atoms with Gasteiger partial charge in [-0.05, 0) is 0 Å². The fourth-order valence-corrected chi connectivity index (χ4v) is 3.59. The summed E-state index contributed by atoms with van der Waals surface area (Å²) in [5.41, 5.74) is 0. The van der Waals surface area contributed by atoms with Gasteiger partial charge in [0, 0.05) is 13.1 Å². The van der Waals surface area contributed by atoms with Crippen LogP contribution in [0.3, 0.4) is 0 Å². The predicted molar refractivity (Wildman–Crippen MR) is 85.1 cm³/mol. The molecule has 0 radical (unpaired) electrons. The standard InChI is InChI=1S/C8H20N2O10S4/c1-21(11,12)9-5-7(19-23(3,15)16)8(20-24(4,17)18)6-10-22(2,13)14/h7-10H,5-6H2,1-4H3. The van der Waals surface area contributed by atoms with E-state index in [2.05, 4.69) is 8.37 Å². The molecule has 16 heteroatoms. The molecule has 0 fully saturated rings. The van der Waals surface area contributed by atoms with Gasteiger partial charge in [0.25, 0.3) is 20.2 Å². The summed E-state index contributed by atoms with van der Waals surface area (Å²) in [5, 5.41) is 0. The van der Waals surface area contributed by atoms with Gasteiger partial charge >= 0.3 is 0 Å². The van der Waals surface area contributed by atoms with Crippen LogP contribution in [-0.2, 0) is 48.6 Å². The number of rotatable bonds is 11. The molecule has 0 aliphatic heterocycles. The van der Waals surface area contributed by atoms with E-state index in [1.807, 2.05) is 9.44 Å². The van der Waals surface area contributed by atoms with Crippen molar-refractivity contribution in [2.75, 3.05) is 38.1 Å². The molecule has 2 unspecified atom stereocenters. The van der Waals surface area contributed by atoms with Gasteiger partial charge in [0.05, 0.1) is 25.0 Å². The maximum atomic E-state index is 11.3. The maximum Gasteiger partial charge on any atom is 0.264 e. The summed E-state index contributed by atoms with van der Waals surface area (Å²) in [7, 11) is -15.8. The van der Waals surface area contributed by atoms with Crippen LogP contribution in [0.15, 0.2) is 0 Å². The van der Waals surface area contributed by atoms with E-state index in [9.17, 15) is 33.7 Å². The summed E-state index contributed by atoms with van der Waals surface area (Å²) >= 11 is 0. The first kappa shape index (κ1) is 23.6. The quantitative estimate of drug-likeness (QED) is 0.315. The lowest BCUT2D eigenvalue weighted by Gasteiger charge is -2.25. The van der Waals surface area contributed by atoms with E-state index < -0.39 is 65.6 Å². The van der Waals surface area contributed by atoms with E-state index in [-0.39, 0.29) is 0 Å². The highest BCUT2D eigenvalue weighted by molar-refractivity contribution is 7.89. The van der Waals surface area contributed by atoms with Gasteiger partial charge in [-0.25, -0.2) is 26.3 Å². The average Bonchev–Trinajstić information content (AvgIpc) is 2.25. The lowest BCUT2D eigenvalue weighted by molar-refractivity contribution is 0.0704. The fourth-order valence-electron chi connectivity index (χ4n) is 1.37. The van der Waals surface area contributed by atoms with E-state index in [1.54, 1.807) is 0 Å². The SMILES string of the molecule is CS(=O)(=O)NCC(OS(C)(=O)=O)C(CNS(C)(=O)=O)OS(C)(=O)=O. The molecule has 0 bridgehead atoms. The maximum absolute atomic E-state index is 11.3. The Labute approximate surface area is 142 Å². The summed E-state index contributed by atoms with van der Waals surface area (Å²) in [6.45, 7) is -1.34. The Hall–Kier alpha value is -0.360. The van der Waals surface area contributed by atoms with Crippen LogP contribution in [0.5, 0.6) is 0 Å². The van der Waals surface area contributed by atoms with Crippen LogP contribution in [0, 0.1) is 0 Å². The largest absolute Gasteiger partial charge is 0.264 e. The first-order chi connectivity index (χ1) is 10.4. The first-order valence-electron chi connectivity index (χ1n) is 6.04. The van der Waals surface area contributed by atoms with Crippen molar-refractivity contribution in [1.82, 2.24) is 9.44 Å². The Bertz CT molecular complexity index is 755. The predicted octanol–water partition coefficient (Wildman–Crippen LogP) is -3.23. The Morgan fingerprint density at radius 2 is 0.875 bits per heavy atom. The molecule has 24 heavy (non-hydrogen) atoms. The van der Waals surface area contributed by atoms with Crippen LogP contribution in [0.4, 0.5) is 0 Å². The van der Waals surface area contributed by atoms with Gasteiger partial charge in [0.1, 0.15) is 12.2 Å². The zero-order valence-corrected chi connectivity index (χ0v) is 16.6. The molecule has 0 amide bonds. The van der Waals surface area contributed by atoms with Crippen molar-refractivity contribution in [3.05, 3.63) is 0 Å². The van der Waals surface area contributed by atoms with Crippen LogP contribution in [0.25, 0.3) is 0 Å². The second-order valence-corrected chi connectivity index (χ2v) is 11.8. The Kier molecular flexibility index (Phi) is 8.22. The van der Waals surface area contributed by atoms with Crippen molar-refractivity contribution in [3.63, 3.8) is 0 Å². The third-order valence-corrected chi connectivity index (χ3v) is 4.68. The monoisotopic (exact) mass is 432 g/mol. The summed E-state index contributed by atoms with van der Waals surface area (Å²) in [5.74, 6) is 0. The highest BCUT2D eigenvalue weighted by Crippen LogP contribution is 2.10. The molecule has 0 saturated heterocycles. The van der Waals surface area contributed by atoms with Crippen molar-refractivity contribution in [1.29, 1.82) is 0 Å². The normalized spacial score (nSPS) is 16.7. The number of hydrogen-bond donors (Lipinski definition) is 2. The molecule has 0 rings (SSSR count). The van der Waals surface area contributed by atoms with Gasteiger partial charge in [0.15, 0.2) is 0 Å². The molecule has 2 N–H and O–H groups in total. The second-order valence-electron chi connectivity index (χ2n) is 4.92. The molecule has 0 aromatic heterocycles. The number of hydrogen-bond acceptors (Lipinski definition) is 10. The summed E-state index contributed by atoms with van der Waals surface area (Å²) < 4.78 is 103. The minimum Gasteiger partial charge on any atom is -0.263 e. The van der Waals surface area contributed by atoms with Gasteiger partial charge in [-0.15, -0.1) is 0 Å². The molecular weight excluding hydrogens is 412 g/mol. The highest BCUT2D eigenvalue weighted by Gasteiger charge is 2.31. The van der Waals surface area contributed by atoms with E-state index in [0.717, 1.165) is 12.5 Å². The van der Waals surface area contributed by atoms with Gasteiger partial charge in [-0.2, -0.15) is 16.8 Å². The van der Waals surface area contributed by atoms with Gasteiger partial charge < -0.3 is 0 Å². The molecule has 146 valence electrons. The van der Waals surface area contributed by atoms with Crippen LogP contribution in [0.2, 0.25) is 0 Å². The zero-order valence-electron chi connectivity index (χ0n) is 13.3. The summed E-state index contributed by atoms with van der Waals surface area (Å²) in [6, 6.07) is 0. The van der Waals surface area contributed by atoms with Crippen molar-refractivity contribution in [3.8, 4) is 0 Å². The molecule has 0 aromatic rings. The van der Waals surface area contributed by atoms with Crippen LogP contribution < -0.4 is 9.44 Å². The Morgan fingerprint density at radius 3 is 1.04 bits per heavy atom. The molecule has 0 aliphatic carbocycles. The Morgan fingerprint density at radius 1 is 0.625 bits per heavy atom. The van der Waals surface area contributed by atoms with Gasteiger partial charge in [-0.1, -0.05) is 0 Å². The van der Waals surface area contributed by atoms with Crippen LogP contribution >= 0.6 is 0 Å². The molecule has 0 heterocycles. The van der Waals surface area contributed by atoms with Crippen molar-refractivity contribution in [2.45, 2.75) is 12.2 Å². The third-order valence-electron chi connectivity index (χ3n) is 2.10. The van der Waals surface area contributed by atoms with Gasteiger partial charge in [-0.3, -0.25) is 8.37 Å². The topological polar surface area (TPSA) is 179 Å². The molecular formula is C8H20N2O10S4. The lowest BCUT2D eigenvalue weighted by Crippen LogP contribution is -2.48. The molecule has 12 nitrogen and oxygen atoms in total. The molecule has 0 spiro atoms. The first-order valence-corrected chi connectivity index (χ1v) is 13.5. The zero-order chi connectivity index (χ0) is 19.4. The van der Waals surface area contributed by atoms with Crippen LogP contribution in [0.1, 0.15) is 0 Å². The minimum atomic E-state index is -4.13. The fraction of sp³-hybridized carbons (Fsp3) is 1.00. The lowest BCUT2D eigenvalue weighted by atomic mass is 10.2. The van der Waals surface area contributed by atoms with E-state index >= 15 is 0 Å². The van der Waals surface area contributed by atoms with Crippen molar-refractivity contribution < 1.29 is 42.0 Å². The van der Waals surface area contributed by atoms with E-state index in [1.165, 1.54) is 0 Å². The molecule has 0 saturated carbocycles. The average molecular weight is 433 g/mol. The molecule has 0 aromatic carbocycles. The Balaban J connectivity index is 5.57. The third kappa shape index (κ3) is 14.0. The van der Waals surface area contributed by atoms with Crippen molar-refractivity contribution >= 4 is 40.3 Å². The molecule has 2 atom stereocenters. The second kappa shape index (κ2) is 8.35. The summed E-state index contributed by atoms with van der Waals surface area (Å²) in [4.78, 5) is 0. The van der Waals surface area contributed by atoms with E-state index in [4.69, 9.17) is 0 Å². The van der Waals surface area contributed by atoms with Gasteiger partial charge in [0.2, 0.25) is 20.0 Å². The summed E-state index contributed by atoms with van der Waals surface area (Å²) in [6.07, 6.45) is -0.404. The van der Waals surface area contributed by atoms with Crippen LogP contribution in [-0.4, -0.2) is 84.0 Å². The van der Waals surface area contributed by atoms with Crippen molar-refractivity contribution in [2.24, 2.45) is 0 Å². The van der Waals surface area contributed by atoms with E-state index in [0.29, 0.717) is 12.5 Å². The number of sulfonamides is 2. The highest BCUT2D eigenvalue weighted by atomic mass is 32.2.